The summed E-state index contributed by atoms with van der Waals surface area (Å²) in [6, 6.07) is 0. The van der Waals surface area contributed by atoms with E-state index >= 15 is 0 Å². The van der Waals surface area contributed by atoms with E-state index in [9.17, 15) is 14.4 Å². The molecule has 146 valence electrons. The van der Waals surface area contributed by atoms with Gasteiger partial charge in [0.05, 0.1) is 18.6 Å². The van der Waals surface area contributed by atoms with E-state index in [-0.39, 0.29) is 30.1 Å². The molecule has 0 amide bonds. The quantitative estimate of drug-likeness (QED) is 0.448. The van der Waals surface area contributed by atoms with E-state index in [2.05, 4.69) is 15.2 Å². The lowest BCUT2D eigenvalue weighted by atomic mass is 10.2. The number of hydrogen-bond acceptors (Lipinski definition) is 8. The van der Waals surface area contributed by atoms with E-state index in [4.69, 9.17) is 8.94 Å². The Hall–Kier alpha value is -3.70. The Kier molecular flexibility index (Phi) is 3.91. The van der Waals surface area contributed by atoms with E-state index in [1.165, 1.54) is 29.6 Å². The molecular weight excluding hydrogens is 370 g/mol. The predicted octanol–water partition coefficient (Wildman–Crippen LogP) is -0.715. The molecule has 4 aromatic rings. The Morgan fingerprint density at radius 1 is 1.07 bits per heavy atom. The van der Waals surface area contributed by atoms with Gasteiger partial charge < -0.3 is 13.5 Å². The van der Waals surface area contributed by atoms with Crippen LogP contribution in [0.4, 0.5) is 0 Å². The first-order valence-electron chi connectivity index (χ1n) is 8.37. The molecule has 4 aromatic heterocycles. The Bertz CT molecular complexity index is 1360. The zero-order valence-electron chi connectivity index (χ0n) is 15.7. The first-order valence-corrected chi connectivity index (χ1v) is 8.37. The highest BCUT2D eigenvalue weighted by Gasteiger charge is 2.18. The molecule has 0 fully saturated rings. The Labute approximate surface area is 156 Å². The van der Waals surface area contributed by atoms with Crippen LogP contribution in [0, 0.1) is 13.8 Å². The van der Waals surface area contributed by atoms with Gasteiger partial charge in [0.15, 0.2) is 11.2 Å². The van der Waals surface area contributed by atoms with Crippen molar-refractivity contribution in [2.45, 2.75) is 26.9 Å². The van der Waals surface area contributed by atoms with Crippen molar-refractivity contribution in [1.29, 1.82) is 0 Å². The number of nitrogens with zero attached hydrogens (tertiary/aromatic N) is 7. The van der Waals surface area contributed by atoms with Crippen LogP contribution in [-0.2, 0) is 27.2 Å². The van der Waals surface area contributed by atoms with Gasteiger partial charge in [-0.2, -0.15) is 4.68 Å². The number of imidazole rings is 1. The van der Waals surface area contributed by atoms with Crippen LogP contribution >= 0.6 is 0 Å². The minimum atomic E-state index is -0.639. The van der Waals surface area contributed by atoms with Crippen LogP contribution in [-0.4, -0.2) is 33.6 Å². The van der Waals surface area contributed by atoms with Crippen LogP contribution in [0.2, 0.25) is 0 Å². The summed E-state index contributed by atoms with van der Waals surface area (Å²) >= 11 is 0. The van der Waals surface area contributed by atoms with Gasteiger partial charge in [0.25, 0.3) is 5.56 Å². The molecule has 0 N–H and O–H groups in total. The van der Waals surface area contributed by atoms with Crippen molar-refractivity contribution in [3.63, 3.8) is 0 Å². The van der Waals surface area contributed by atoms with Gasteiger partial charge in [-0.3, -0.25) is 13.9 Å². The van der Waals surface area contributed by atoms with Gasteiger partial charge in [-0.1, -0.05) is 5.16 Å². The monoisotopic (exact) mass is 387 g/mol. The second-order valence-corrected chi connectivity index (χ2v) is 6.47. The molecule has 0 saturated heterocycles. The largest absolute Gasteiger partial charge is 0.437 e. The second-order valence-electron chi connectivity index (χ2n) is 6.47. The molecule has 4 heterocycles. The molecular formula is C16H17N7O5. The van der Waals surface area contributed by atoms with Crippen molar-refractivity contribution in [3.05, 3.63) is 60.6 Å². The maximum absolute atomic E-state index is 12.5. The van der Waals surface area contributed by atoms with Crippen molar-refractivity contribution in [2.24, 2.45) is 14.1 Å². The van der Waals surface area contributed by atoms with Crippen LogP contribution in [0.3, 0.4) is 0 Å². The summed E-state index contributed by atoms with van der Waals surface area (Å²) in [5, 5.41) is 8.03. The fraction of sp³-hybridized carbons (Fsp3) is 0.375. The molecule has 0 aliphatic heterocycles. The fourth-order valence-electron chi connectivity index (χ4n) is 3.05. The Balaban J connectivity index is 1.73. The lowest BCUT2D eigenvalue weighted by molar-refractivity contribution is 0.391. The second kappa shape index (κ2) is 6.18. The van der Waals surface area contributed by atoms with Crippen LogP contribution < -0.4 is 17.0 Å². The standard InChI is InChI=1S/C16H17N7O5/c1-8-10(9(2)28-19-8)5-23-16(26)27-11(18-23)6-22-7-17-13-12(22)14(24)21(4)15(25)20(13)3/h7H,5-6H2,1-4H3. The van der Waals surface area contributed by atoms with Gasteiger partial charge in [0.1, 0.15) is 12.3 Å². The molecule has 0 saturated carbocycles. The number of aromatic nitrogens is 7. The minimum absolute atomic E-state index is 0.00772. The summed E-state index contributed by atoms with van der Waals surface area (Å²) in [5.41, 5.74) is 0.905. The van der Waals surface area contributed by atoms with Gasteiger partial charge in [-0.25, -0.2) is 14.6 Å². The number of fused-ring (bicyclic) bond motifs is 1. The molecule has 0 atom stereocenters. The van der Waals surface area contributed by atoms with Gasteiger partial charge in [0, 0.05) is 19.7 Å². The molecule has 0 unspecified atom stereocenters. The van der Waals surface area contributed by atoms with Gasteiger partial charge in [-0.05, 0) is 13.8 Å². The van der Waals surface area contributed by atoms with Crippen LogP contribution in [0.5, 0.6) is 0 Å². The molecule has 28 heavy (non-hydrogen) atoms. The highest BCUT2D eigenvalue weighted by Crippen LogP contribution is 2.13. The van der Waals surface area contributed by atoms with Crippen molar-refractivity contribution >= 4 is 11.2 Å². The molecule has 0 aliphatic rings. The van der Waals surface area contributed by atoms with Gasteiger partial charge in [0.2, 0.25) is 5.89 Å². The van der Waals surface area contributed by atoms with Crippen LogP contribution in [0.15, 0.2) is 29.7 Å². The number of aryl methyl sites for hydroxylation is 3. The third-order valence-electron chi connectivity index (χ3n) is 4.66. The summed E-state index contributed by atoms with van der Waals surface area (Å²) < 4.78 is 15.2. The third-order valence-corrected chi connectivity index (χ3v) is 4.66. The number of hydrogen-bond donors (Lipinski definition) is 0. The lowest BCUT2D eigenvalue weighted by Crippen LogP contribution is -2.37. The summed E-state index contributed by atoms with van der Waals surface area (Å²) in [7, 11) is 2.92. The van der Waals surface area contributed by atoms with Crippen molar-refractivity contribution in [3.8, 4) is 0 Å². The van der Waals surface area contributed by atoms with Crippen LogP contribution in [0.25, 0.3) is 11.2 Å². The normalized spacial score (nSPS) is 11.6. The summed E-state index contributed by atoms with van der Waals surface area (Å²) in [6.07, 6.45) is 1.40. The lowest BCUT2D eigenvalue weighted by Gasteiger charge is -2.04. The summed E-state index contributed by atoms with van der Waals surface area (Å²) in [5.74, 6) is 0.0608. The highest BCUT2D eigenvalue weighted by molar-refractivity contribution is 5.70. The first-order chi connectivity index (χ1) is 13.3. The maximum atomic E-state index is 12.5. The first kappa shape index (κ1) is 17.7. The van der Waals surface area contributed by atoms with Crippen molar-refractivity contribution in [1.82, 2.24) is 33.6 Å². The van der Waals surface area contributed by atoms with E-state index in [1.807, 2.05) is 0 Å². The molecule has 12 nitrogen and oxygen atoms in total. The molecule has 12 heteroatoms. The average molecular weight is 387 g/mol. The Morgan fingerprint density at radius 3 is 2.50 bits per heavy atom. The number of rotatable bonds is 4. The minimum Gasteiger partial charge on any atom is -0.390 e. The van der Waals surface area contributed by atoms with Crippen LogP contribution in [0.1, 0.15) is 22.9 Å². The fourth-order valence-corrected chi connectivity index (χ4v) is 3.05. The molecule has 0 bridgehead atoms. The van der Waals surface area contributed by atoms with Gasteiger partial charge >= 0.3 is 11.4 Å². The molecule has 0 spiro atoms. The highest BCUT2D eigenvalue weighted by atomic mass is 16.5. The predicted molar refractivity (Wildman–Crippen MR) is 95.2 cm³/mol. The van der Waals surface area contributed by atoms with E-state index < -0.39 is 17.0 Å². The topological polar surface area (TPSA) is 136 Å². The summed E-state index contributed by atoms with van der Waals surface area (Å²) in [4.78, 5) is 40.8. The summed E-state index contributed by atoms with van der Waals surface area (Å²) in [6.45, 7) is 3.69. The van der Waals surface area contributed by atoms with E-state index in [0.717, 1.165) is 14.8 Å². The van der Waals surface area contributed by atoms with Gasteiger partial charge in [-0.15, -0.1) is 5.10 Å². The maximum Gasteiger partial charge on any atom is 0.437 e. The molecule has 4 rings (SSSR count). The molecule has 0 aliphatic carbocycles. The van der Waals surface area contributed by atoms with Crippen molar-refractivity contribution < 1.29 is 8.94 Å². The third kappa shape index (κ3) is 2.61. The Morgan fingerprint density at radius 2 is 1.82 bits per heavy atom. The SMILES string of the molecule is Cc1noc(C)c1Cn1nc(Cn2cnc3c2c(=O)n(C)c(=O)n3C)oc1=O. The molecule has 0 aromatic carbocycles. The van der Waals surface area contributed by atoms with E-state index in [0.29, 0.717) is 11.5 Å². The zero-order valence-corrected chi connectivity index (χ0v) is 15.7. The average Bonchev–Trinajstić information content (AvgIpc) is 3.32. The van der Waals surface area contributed by atoms with E-state index in [1.54, 1.807) is 13.8 Å². The molecule has 0 radical (unpaired) electrons. The van der Waals surface area contributed by atoms with Crippen molar-refractivity contribution in [2.75, 3.05) is 0 Å². The zero-order chi connectivity index (χ0) is 20.2. The smallest absolute Gasteiger partial charge is 0.390 e.